The van der Waals surface area contributed by atoms with Crippen molar-refractivity contribution in [1.82, 2.24) is 4.90 Å². The molecular weight excluding hydrogens is 170 g/mol. The number of rotatable bonds is 3. The topological polar surface area (TPSA) is 57.6 Å². The van der Waals surface area contributed by atoms with Crippen molar-refractivity contribution in [2.45, 2.75) is 38.3 Å². The molecule has 74 valence electrons. The lowest BCUT2D eigenvalue weighted by Gasteiger charge is -2.34. The van der Waals surface area contributed by atoms with Crippen LogP contribution in [0.5, 0.6) is 0 Å². The summed E-state index contributed by atoms with van der Waals surface area (Å²) in [4.78, 5) is 23.1. The first-order valence-electron chi connectivity index (χ1n) is 4.60. The van der Waals surface area contributed by atoms with Crippen LogP contribution < -0.4 is 0 Å². The second kappa shape index (κ2) is 4.37. The molecule has 0 amide bonds. The Morgan fingerprint density at radius 1 is 1.62 bits per heavy atom. The summed E-state index contributed by atoms with van der Waals surface area (Å²) < 4.78 is 0. The molecule has 0 bridgehead atoms. The predicted molar refractivity (Wildman–Crippen MR) is 47.5 cm³/mol. The number of carboxylic acid groups (broad SMARTS) is 1. The third kappa shape index (κ3) is 2.28. The molecule has 0 aromatic heterocycles. The van der Waals surface area contributed by atoms with Crippen molar-refractivity contribution >= 4 is 12.3 Å². The maximum absolute atomic E-state index is 10.8. The number of carbonyl (C=O) groups is 2. The maximum Gasteiger partial charge on any atom is 0.320 e. The Labute approximate surface area is 77.5 Å². The van der Waals surface area contributed by atoms with Crippen molar-refractivity contribution in [1.29, 1.82) is 0 Å². The second-order valence-electron chi connectivity index (χ2n) is 3.46. The van der Waals surface area contributed by atoms with Gasteiger partial charge in [-0.2, -0.15) is 0 Å². The molecule has 0 radical (unpaired) electrons. The number of aliphatic carboxylic acids is 1. The predicted octanol–water partition coefficient (Wildman–Crippen LogP) is 0.513. The number of piperidine rings is 1. The number of likely N-dealkylation sites (tertiary alicyclic amines) is 1. The summed E-state index contributed by atoms with van der Waals surface area (Å²) in [5.74, 6) is -0.812. The Bertz CT molecular complexity index is 205. The Balaban J connectivity index is 2.66. The number of hydrogen-bond acceptors (Lipinski definition) is 3. The summed E-state index contributed by atoms with van der Waals surface area (Å²) in [6.07, 6.45) is 3.40. The summed E-state index contributed by atoms with van der Waals surface area (Å²) in [5, 5.41) is 8.90. The van der Waals surface area contributed by atoms with Gasteiger partial charge in [0.25, 0.3) is 0 Å². The molecule has 1 rings (SSSR count). The Morgan fingerprint density at radius 3 is 2.85 bits per heavy atom. The molecule has 0 aliphatic carbocycles. The van der Waals surface area contributed by atoms with Gasteiger partial charge in [-0.1, -0.05) is 6.42 Å². The van der Waals surface area contributed by atoms with Gasteiger partial charge in [0.1, 0.15) is 12.3 Å². The lowest BCUT2D eigenvalue weighted by Crippen LogP contribution is -2.49. The molecule has 1 fully saturated rings. The standard InChI is InChI=1S/C9H15NO3/c1-7(6-11)10-5-3-2-4-8(10)9(12)13/h6-8H,2-5H2,1H3,(H,12,13). The molecule has 0 aromatic carbocycles. The van der Waals surface area contributed by atoms with Gasteiger partial charge in [0.05, 0.1) is 6.04 Å². The summed E-state index contributed by atoms with van der Waals surface area (Å²) in [6, 6.07) is -0.740. The fourth-order valence-corrected chi connectivity index (χ4v) is 1.78. The van der Waals surface area contributed by atoms with Crippen LogP contribution in [-0.2, 0) is 9.59 Å². The van der Waals surface area contributed by atoms with Crippen LogP contribution in [0.3, 0.4) is 0 Å². The first-order chi connectivity index (χ1) is 6.16. The molecule has 1 saturated heterocycles. The zero-order chi connectivity index (χ0) is 9.84. The molecule has 1 aliphatic heterocycles. The maximum atomic E-state index is 10.8. The van der Waals surface area contributed by atoms with Gasteiger partial charge >= 0.3 is 5.97 Å². The van der Waals surface area contributed by atoms with Crippen molar-refractivity contribution in [2.24, 2.45) is 0 Å². The quantitative estimate of drug-likeness (QED) is 0.651. The van der Waals surface area contributed by atoms with Crippen molar-refractivity contribution in [2.75, 3.05) is 6.54 Å². The average molecular weight is 185 g/mol. The van der Waals surface area contributed by atoms with Gasteiger partial charge in [-0.15, -0.1) is 0 Å². The van der Waals surface area contributed by atoms with Crippen LogP contribution >= 0.6 is 0 Å². The Morgan fingerprint density at radius 2 is 2.31 bits per heavy atom. The minimum atomic E-state index is -0.812. The number of hydrogen-bond donors (Lipinski definition) is 1. The summed E-state index contributed by atoms with van der Waals surface area (Å²) in [7, 11) is 0. The van der Waals surface area contributed by atoms with E-state index in [-0.39, 0.29) is 6.04 Å². The van der Waals surface area contributed by atoms with Crippen LogP contribution in [-0.4, -0.2) is 40.9 Å². The van der Waals surface area contributed by atoms with Gasteiger partial charge in [-0.3, -0.25) is 9.69 Å². The number of carboxylic acids is 1. The molecule has 1 aliphatic rings. The first kappa shape index (κ1) is 10.2. The minimum Gasteiger partial charge on any atom is -0.480 e. The first-order valence-corrected chi connectivity index (χ1v) is 4.60. The van der Waals surface area contributed by atoms with Crippen LogP contribution in [0.15, 0.2) is 0 Å². The SMILES string of the molecule is CC(C=O)N1CCCCC1C(=O)O. The zero-order valence-electron chi connectivity index (χ0n) is 7.77. The molecule has 2 atom stereocenters. The highest BCUT2D eigenvalue weighted by Gasteiger charge is 2.31. The molecule has 0 spiro atoms. The zero-order valence-corrected chi connectivity index (χ0v) is 7.77. The fraction of sp³-hybridized carbons (Fsp3) is 0.778. The van der Waals surface area contributed by atoms with E-state index in [2.05, 4.69) is 0 Å². The molecule has 1 N–H and O–H groups in total. The van der Waals surface area contributed by atoms with Gasteiger partial charge in [0.15, 0.2) is 0 Å². The molecule has 2 unspecified atom stereocenters. The lowest BCUT2D eigenvalue weighted by atomic mass is 10.0. The van der Waals surface area contributed by atoms with Crippen LogP contribution in [0.1, 0.15) is 26.2 Å². The molecule has 4 heteroatoms. The third-order valence-electron chi connectivity index (χ3n) is 2.55. The van der Waals surface area contributed by atoms with E-state index in [1.165, 1.54) is 0 Å². The second-order valence-corrected chi connectivity index (χ2v) is 3.46. The van der Waals surface area contributed by atoms with Crippen LogP contribution in [0.4, 0.5) is 0 Å². The monoisotopic (exact) mass is 185 g/mol. The van der Waals surface area contributed by atoms with E-state index in [0.29, 0.717) is 6.42 Å². The summed E-state index contributed by atoms with van der Waals surface area (Å²) in [6.45, 7) is 2.46. The van der Waals surface area contributed by atoms with Gasteiger partial charge in [-0.25, -0.2) is 0 Å². The van der Waals surface area contributed by atoms with E-state index in [0.717, 1.165) is 25.7 Å². The van der Waals surface area contributed by atoms with Crippen LogP contribution in [0.25, 0.3) is 0 Å². The third-order valence-corrected chi connectivity index (χ3v) is 2.55. The molecular formula is C9H15NO3. The summed E-state index contributed by atoms with van der Waals surface area (Å²) >= 11 is 0. The van der Waals surface area contributed by atoms with Crippen LogP contribution in [0.2, 0.25) is 0 Å². The van der Waals surface area contributed by atoms with Gasteiger partial charge in [0, 0.05) is 0 Å². The highest BCUT2D eigenvalue weighted by Crippen LogP contribution is 2.18. The highest BCUT2D eigenvalue weighted by atomic mass is 16.4. The normalized spacial score (nSPS) is 26.7. The average Bonchev–Trinajstić information content (AvgIpc) is 2.16. The van der Waals surface area contributed by atoms with Gasteiger partial charge < -0.3 is 9.90 Å². The summed E-state index contributed by atoms with van der Waals surface area (Å²) in [5.41, 5.74) is 0. The Hall–Kier alpha value is -0.900. The van der Waals surface area contributed by atoms with Gasteiger partial charge in [-0.05, 0) is 26.3 Å². The molecule has 4 nitrogen and oxygen atoms in total. The smallest absolute Gasteiger partial charge is 0.320 e. The molecule has 0 saturated carbocycles. The molecule has 13 heavy (non-hydrogen) atoms. The lowest BCUT2D eigenvalue weighted by molar-refractivity contribution is -0.146. The van der Waals surface area contributed by atoms with Crippen LogP contribution in [0, 0.1) is 0 Å². The van der Waals surface area contributed by atoms with Crippen molar-refractivity contribution in [3.8, 4) is 0 Å². The van der Waals surface area contributed by atoms with E-state index in [4.69, 9.17) is 5.11 Å². The number of carbonyl (C=O) groups excluding carboxylic acids is 1. The number of aldehydes is 1. The van der Waals surface area contributed by atoms with Crippen molar-refractivity contribution < 1.29 is 14.7 Å². The largest absolute Gasteiger partial charge is 0.480 e. The Kier molecular flexibility index (Phi) is 3.42. The fourth-order valence-electron chi connectivity index (χ4n) is 1.78. The number of nitrogens with zero attached hydrogens (tertiary/aromatic N) is 1. The molecule has 1 heterocycles. The van der Waals surface area contributed by atoms with E-state index in [1.807, 2.05) is 0 Å². The van der Waals surface area contributed by atoms with Crippen molar-refractivity contribution in [3.05, 3.63) is 0 Å². The highest BCUT2D eigenvalue weighted by molar-refractivity contribution is 5.74. The van der Waals surface area contributed by atoms with Crippen molar-refractivity contribution in [3.63, 3.8) is 0 Å². The van der Waals surface area contributed by atoms with E-state index < -0.39 is 12.0 Å². The van der Waals surface area contributed by atoms with E-state index in [9.17, 15) is 9.59 Å². The minimum absolute atomic E-state index is 0.276. The molecule has 0 aromatic rings. The van der Waals surface area contributed by atoms with Gasteiger partial charge in [0.2, 0.25) is 0 Å². The van der Waals surface area contributed by atoms with E-state index >= 15 is 0 Å². The van der Waals surface area contributed by atoms with E-state index in [1.54, 1.807) is 11.8 Å².